The number of aliphatic hydroxyl groups excluding tert-OH is 1. The van der Waals surface area contributed by atoms with E-state index in [-0.39, 0.29) is 6.10 Å². The van der Waals surface area contributed by atoms with E-state index in [2.05, 4.69) is 28.9 Å². The number of H-pyrrole nitrogens is 1. The summed E-state index contributed by atoms with van der Waals surface area (Å²) in [6, 6.07) is 8.07. The summed E-state index contributed by atoms with van der Waals surface area (Å²) >= 11 is 6.06. The number of aromatic amines is 1. The summed E-state index contributed by atoms with van der Waals surface area (Å²) in [6.45, 7) is 7.43. The van der Waals surface area contributed by atoms with Gasteiger partial charge in [0.1, 0.15) is 0 Å². The predicted octanol–water partition coefficient (Wildman–Crippen LogP) is 3.32. The van der Waals surface area contributed by atoms with E-state index in [1.165, 1.54) is 0 Å². The fourth-order valence-corrected chi connectivity index (χ4v) is 2.53. The van der Waals surface area contributed by atoms with Gasteiger partial charge in [0.25, 0.3) is 0 Å². The normalized spacial score (nSPS) is 13.1. The largest absolute Gasteiger partial charge is 0.392 e. The molecule has 2 N–H and O–H groups in total. The molecule has 0 saturated carbocycles. The first-order valence-corrected chi connectivity index (χ1v) is 7.55. The zero-order valence-electron chi connectivity index (χ0n) is 12.7. The zero-order valence-corrected chi connectivity index (χ0v) is 13.4. The highest BCUT2D eigenvalue weighted by Crippen LogP contribution is 2.25. The molecule has 1 aromatic heterocycles. The molecule has 0 bridgehead atoms. The molecule has 0 spiro atoms. The summed E-state index contributed by atoms with van der Waals surface area (Å²) in [5.41, 5.74) is 3.11. The minimum Gasteiger partial charge on any atom is -0.392 e. The van der Waals surface area contributed by atoms with E-state index in [0.29, 0.717) is 17.6 Å². The van der Waals surface area contributed by atoms with Crippen molar-refractivity contribution in [1.82, 2.24) is 15.1 Å². The van der Waals surface area contributed by atoms with Gasteiger partial charge < -0.3 is 5.11 Å². The number of nitrogens with zero attached hydrogens (tertiary/aromatic N) is 2. The first kappa shape index (κ1) is 16.0. The minimum absolute atomic E-state index is 0.349. The van der Waals surface area contributed by atoms with Crippen LogP contribution in [0.3, 0.4) is 0 Å². The molecule has 0 aliphatic carbocycles. The molecule has 5 heteroatoms. The van der Waals surface area contributed by atoms with Gasteiger partial charge >= 0.3 is 0 Å². The van der Waals surface area contributed by atoms with Crippen LogP contribution >= 0.6 is 11.6 Å². The molecule has 0 radical (unpaired) electrons. The van der Waals surface area contributed by atoms with Gasteiger partial charge in [0.15, 0.2) is 0 Å². The highest BCUT2D eigenvalue weighted by Gasteiger charge is 2.16. The molecule has 2 rings (SSSR count). The van der Waals surface area contributed by atoms with Gasteiger partial charge in [-0.1, -0.05) is 23.7 Å². The van der Waals surface area contributed by atoms with Gasteiger partial charge in [-0.2, -0.15) is 5.10 Å². The Labute approximate surface area is 130 Å². The molecule has 0 aliphatic rings. The molecule has 1 aromatic carbocycles. The summed E-state index contributed by atoms with van der Waals surface area (Å²) in [4.78, 5) is 2.23. The van der Waals surface area contributed by atoms with Crippen molar-refractivity contribution >= 4 is 11.6 Å². The molecule has 4 nitrogen and oxygen atoms in total. The Morgan fingerprint density at radius 2 is 2.10 bits per heavy atom. The maximum atomic E-state index is 9.64. The Bertz CT molecular complexity index is 580. The lowest BCUT2D eigenvalue weighted by atomic mass is 10.1. The van der Waals surface area contributed by atoms with Gasteiger partial charge in [-0.05, 0) is 32.9 Å². The third-order valence-corrected chi connectivity index (χ3v) is 3.67. The highest BCUT2D eigenvalue weighted by atomic mass is 35.5. The number of halogens is 1. The standard InChI is InChI=1S/C16H22ClN3O/c1-11(2)20(9-12(3)21)10-14-8-18-19-16(14)13-5-4-6-15(17)7-13/h4-8,11-12,21H,9-10H2,1-3H3,(H,18,19). The second-order valence-corrected chi connectivity index (χ2v) is 6.09. The zero-order chi connectivity index (χ0) is 15.4. The van der Waals surface area contributed by atoms with Crippen molar-refractivity contribution in [2.45, 2.75) is 39.5 Å². The van der Waals surface area contributed by atoms with Crippen LogP contribution in [0.1, 0.15) is 26.3 Å². The third-order valence-electron chi connectivity index (χ3n) is 3.43. The Kier molecular flexibility index (Phi) is 5.39. The number of hydrogen-bond acceptors (Lipinski definition) is 3. The summed E-state index contributed by atoms with van der Waals surface area (Å²) in [5, 5.41) is 17.6. The van der Waals surface area contributed by atoms with Crippen molar-refractivity contribution in [2.75, 3.05) is 6.54 Å². The molecule has 114 valence electrons. The van der Waals surface area contributed by atoms with Gasteiger partial charge in [-0.25, -0.2) is 0 Å². The topological polar surface area (TPSA) is 52.1 Å². The van der Waals surface area contributed by atoms with E-state index in [1.54, 1.807) is 0 Å². The molecule has 0 saturated heterocycles. The van der Waals surface area contributed by atoms with E-state index in [0.717, 1.165) is 23.4 Å². The maximum absolute atomic E-state index is 9.64. The van der Waals surface area contributed by atoms with Crippen LogP contribution in [-0.4, -0.2) is 38.9 Å². The van der Waals surface area contributed by atoms with Crippen LogP contribution in [-0.2, 0) is 6.54 Å². The highest BCUT2D eigenvalue weighted by molar-refractivity contribution is 6.30. The van der Waals surface area contributed by atoms with E-state index >= 15 is 0 Å². The average Bonchev–Trinajstić information content (AvgIpc) is 2.85. The fourth-order valence-electron chi connectivity index (χ4n) is 2.34. The van der Waals surface area contributed by atoms with Crippen molar-refractivity contribution in [3.8, 4) is 11.3 Å². The van der Waals surface area contributed by atoms with Gasteiger partial charge in [0.2, 0.25) is 0 Å². The Morgan fingerprint density at radius 3 is 2.71 bits per heavy atom. The van der Waals surface area contributed by atoms with E-state index in [9.17, 15) is 5.11 Å². The van der Waals surface area contributed by atoms with Gasteiger partial charge in [-0.15, -0.1) is 0 Å². The number of rotatable bonds is 6. The van der Waals surface area contributed by atoms with Crippen LogP contribution < -0.4 is 0 Å². The number of benzene rings is 1. The monoisotopic (exact) mass is 307 g/mol. The van der Waals surface area contributed by atoms with Gasteiger partial charge in [0.05, 0.1) is 18.0 Å². The molecule has 0 aliphatic heterocycles. The lowest BCUT2D eigenvalue weighted by molar-refractivity contribution is 0.103. The van der Waals surface area contributed by atoms with Crippen LogP contribution in [0, 0.1) is 0 Å². The van der Waals surface area contributed by atoms with Crippen LogP contribution in [0.25, 0.3) is 11.3 Å². The maximum Gasteiger partial charge on any atom is 0.0695 e. The lowest BCUT2D eigenvalue weighted by Crippen LogP contribution is -2.36. The summed E-state index contributed by atoms with van der Waals surface area (Å²) in [6.07, 6.45) is 1.49. The van der Waals surface area contributed by atoms with Crippen molar-refractivity contribution < 1.29 is 5.11 Å². The predicted molar refractivity (Wildman–Crippen MR) is 86.3 cm³/mol. The van der Waals surface area contributed by atoms with Crippen molar-refractivity contribution in [1.29, 1.82) is 0 Å². The van der Waals surface area contributed by atoms with E-state index < -0.39 is 0 Å². The number of aromatic nitrogens is 2. The molecule has 1 unspecified atom stereocenters. The fraction of sp³-hybridized carbons (Fsp3) is 0.438. The van der Waals surface area contributed by atoms with Crippen molar-refractivity contribution in [3.63, 3.8) is 0 Å². The Hall–Kier alpha value is -1.36. The van der Waals surface area contributed by atoms with Gasteiger partial charge in [0, 0.05) is 35.3 Å². The smallest absolute Gasteiger partial charge is 0.0695 e. The van der Waals surface area contributed by atoms with Crippen molar-refractivity contribution in [2.24, 2.45) is 0 Å². The number of hydrogen-bond donors (Lipinski definition) is 2. The third kappa shape index (κ3) is 4.30. The second kappa shape index (κ2) is 7.07. The first-order valence-electron chi connectivity index (χ1n) is 7.17. The summed E-state index contributed by atoms with van der Waals surface area (Å²) < 4.78 is 0. The lowest BCUT2D eigenvalue weighted by Gasteiger charge is -2.27. The molecule has 2 aromatic rings. The molecule has 1 heterocycles. The molecular formula is C16H22ClN3O. The van der Waals surface area contributed by atoms with Crippen molar-refractivity contribution in [3.05, 3.63) is 41.0 Å². The molecular weight excluding hydrogens is 286 g/mol. The summed E-state index contributed by atoms with van der Waals surface area (Å²) in [7, 11) is 0. The first-order chi connectivity index (χ1) is 9.97. The van der Waals surface area contributed by atoms with E-state index in [1.807, 2.05) is 37.4 Å². The average molecular weight is 308 g/mol. The number of nitrogens with one attached hydrogen (secondary N) is 1. The van der Waals surface area contributed by atoms with Crippen LogP contribution in [0.5, 0.6) is 0 Å². The number of aliphatic hydroxyl groups is 1. The molecule has 0 fully saturated rings. The van der Waals surface area contributed by atoms with Crippen LogP contribution in [0.15, 0.2) is 30.5 Å². The molecule has 21 heavy (non-hydrogen) atoms. The van der Waals surface area contributed by atoms with Crippen LogP contribution in [0.4, 0.5) is 0 Å². The quantitative estimate of drug-likeness (QED) is 0.861. The Morgan fingerprint density at radius 1 is 1.33 bits per heavy atom. The molecule has 1 atom stereocenters. The van der Waals surface area contributed by atoms with E-state index in [4.69, 9.17) is 11.6 Å². The SMILES string of the molecule is CC(O)CN(Cc1cn[nH]c1-c1cccc(Cl)c1)C(C)C. The second-order valence-electron chi connectivity index (χ2n) is 5.65. The Balaban J connectivity index is 2.23. The molecule has 0 amide bonds. The van der Waals surface area contributed by atoms with Gasteiger partial charge in [-0.3, -0.25) is 10.00 Å². The summed E-state index contributed by atoms with van der Waals surface area (Å²) in [5.74, 6) is 0. The minimum atomic E-state index is -0.353. The van der Waals surface area contributed by atoms with Crippen LogP contribution in [0.2, 0.25) is 5.02 Å².